The number of piperidine rings is 1. The maximum atomic E-state index is 11.9. The van der Waals surface area contributed by atoms with Crippen molar-refractivity contribution in [3.63, 3.8) is 0 Å². The van der Waals surface area contributed by atoms with Crippen molar-refractivity contribution < 1.29 is 32.3 Å². The summed E-state index contributed by atoms with van der Waals surface area (Å²) in [5.74, 6) is 1.69. The number of rotatable bonds is 11. The molecule has 10 nitrogen and oxygen atoms in total. The topological polar surface area (TPSA) is 116 Å². The van der Waals surface area contributed by atoms with Crippen molar-refractivity contribution in [1.29, 1.82) is 0 Å². The number of nitrogens with zero attached hydrogens (tertiary/aromatic N) is 2. The predicted octanol–water partition coefficient (Wildman–Crippen LogP) is 4.69. The van der Waals surface area contributed by atoms with Crippen molar-refractivity contribution in [2.45, 2.75) is 71.6 Å². The summed E-state index contributed by atoms with van der Waals surface area (Å²) in [5, 5.41) is 4.99. The maximum absolute atomic E-state index is 11.9. The molecule has 0 radical (unpaired) electrons. The molecule has 1 aliphatic rings. The molecule has 1 aromatic heterocycles. The lowest BCUT2D eigenvalue weighted by molar-refractivity contribution is -0.176. The van der Waals surface area contributed by atoms with Gasteiger partial charge in [0, 0.05) is 49.6 Å². The molecule has 1 saturated heterocycles. The van der Waals surface area contributed by atoms with Crippen LogP contribution in [0.4, 0.5) is 16.3 Å². The highest BCUT2D eigenvalue weighted by Gasteiger charge is 2.31. The first-order chi connectivity index (χ1) is 18.0. The number of carbonyl (C=O) groups excluding carboxylic acids is 1. The van der Waals surface area contributed by atoms with E-state index in [1.165, 1.54) is 6.26 Å². The predicted molar refractivity (Wildman–Crippen MR) is 146 cm³/mol. The normalized spacial score (nSPS) is 18.2. The molecule has 2 heterocycles. The highest BCUT2D eigenvalue weighted by Crippen LogP contribution is 2.37. The van der Waals surface area contributed by atoms with Crippen LogP contribution in [0.25, 0.3) is 0 Å². The minimum Gasteiger partial charge on any atom is -0.490 e. The molecule has 1 aliphatic heterocycles. The van der Waals surface area contributed by atoms with Crippen molar-refractivity contribution in [3.05, 3.63) is 41.6 Å². The molecule has 38 heavy (non-hydrogen) atoms. The van der Waals surface area contributed by atoms with E-state index in [2.05, 4.69) is 10.3 Å². The van der Waals surface area contributed by atoms with Crippen LogP contribution in [0.15, 0.2) is 30.5 Å². The second kappa shape index (κ2) is 13.1. The second-order valence-corrected chi connectivity index (χ2v) is 12.1. The Hall–Kier alpha value is -3.05. The van der Waals surface area contributed by atoms with Gasteiger partial charge >= 0.3 is 6.16 Å². The Kier molecular flexibility index (Phi) is 10.2. The van der Waals surface area contributed by atoms with E-state index in [0.29, 0.717) is 43.1 Å². The number of anilines is 2. The van der Waals surface area contributed by atoms with Crippen LogP contribution in [0.1, 0.15) is 51.7 Å². The fourth-order valence-electron chi connectivity index (χ4n) is 4.30. The van der Waals surface area contributed by atoms with Crippen molar-refractivity contribution >= 4 is 27.5 Å². The highest BCUT2D eigenvalue weighted by molar-refractivity contribution is 7.90. The molecule has 210 valence electrons. The average molecular weight is 550 g/mol. The molecule has 3 rings (SSSR count). The van der Waals surface area contributed by atoms with Gasteiger partial charge in [-0.2, -0.15) is 0 Å². The summed E-state index contributed by atoms with van der Waals surface area (Å²) < 4.78 is 40.2. The van der Waals surface area contributed by atoms with Gasteiger partial charge in [0.2, 0.25) is 5.75 Å². The molecule has 2 unspecified atom stereocenters. The fourth-order valence-corrected chi connectivity index (χ4v) is 4.90. The van der Waals surface area contributed by atoms with Gasteiger partial charge in [-0.1, -0.05) is 19.1 Å². The molecular formula is C27H39N3O7S. The quantitative estimate of drug-likeness (QED) is 0.396. The third-order valence-electron chi connectivity index (χ3n) is 6.22. The molecule has 0 bridgehead atoms. The van der Waals surface area contributed by atoms with E-state index < -0.39 is 16.0 Å². The maximum Gasteiger partial charge on any atom is 0.528 e. The van der Waals surface area contributed by atoms with Gasteiger partial charge in [0.1, 0.15) is 15.9 Å². The Labute approximate surface area is 225 Å². The number of ether oxygens (including phenoxy) is 3. The van der Waals surface area contributed by atoms with Crippen LogP contribution >= 0.6 is 0 Å². The minimum atomic E-state index is -3.03. The number of nitrogens with one attached hydrogen (secondary N) is 1. The van der Waals surface area contributed by atoms with Crippen LogP contribution in [-0.2, 0) is 32.3 Å². The first kappa shape index (κ1) is 29.5. The van der Waals surface area contributed by atoms with Crippen molar-refractivity contribution in [2.24, 2.45) is 0 Å². The lowest BCUT2D eigenvalue weighted by Gasteiger charge is -2.35. The van der Waals surface area contributed by atoms with Crippen LogP contribution in [0.5, 0.6) is 11.5 Å². The molecule has 2 aromatic rings. The van der Waals surface area contributed by atoms with Crippen LogP contribution in [0.2, 0.25) is 0 Å². The molecular weight excluding hydrogens is 510 g/mol. The number of aromatic nitrogens is 1. The second-order valence-electron chi connectivity index (χ2n) is 9.80. The number of pyridine rings is 1. The van der Waals surface area contributed by atoms with Gasteiger partial charge in [-0.05, 0) is 50.8 Å². The minimum absolute atomic E-state index is 0.0489. The summed E-state index contributed by atoms with van der Waals surface area (Å²) in [7, 11) is -1.46. The fraction of sp³-hybridized carbons (Fsp3) is 0.556. The summed E-state index contributed by atoms with van der Waals surface area (Å²) in [6.07, 6.45) is 4.40. The van der Waals surface area contributed by atoms with Gasteiger partial charge < -0.3 is 24.4 Å². The van der Waals surface area contributed by atoms with Gasteiger partial charge in [-0.3, -0.25) is 0 Å². The third kappa shape index (κ3) is 8.49. The first-order valence-electron chi connectivity index (χ1n) is 12.9. The number of sulfone groups is 1. The van der Waals surface area contributed by atoms with Crippen molar-refractivity contribution in [3.8, 4) is 11.5 Å². The zero-order valence-corrected chi connectivity index (χ0v) is 23.8. The summed E-state index contributed by atoms with van der Waals surface area (Å²) in [5.41, 5.74) is 2.88. The van der Waals surface area contributed by atoms with Crippen molar-refractivity contribution in [1.82, 2.24) is 10.0 Å². The molecule has 2 atom stereocenters. The molecule has 0 saturated carbocycles. The largest absolute Gasteiger partial charge is 0.528 e. The summed E-state index contributed by atoms with van der Waals surface area (Å²) >= 11 is 0. The standard InChI is InChI=1S/C27H39N3O7S/c1-7-21-17-20(12-15-38(6,32)33)8-9-23(21)29-26-25(34-5)24(10-13-28-26)36-22-11-14-30(19(4)16-22)37-27(31)35-18(2)3/h8-10,13,17-19,22H,7,11-12,14-16H2,1-6H3,(H,28,29). The van der Waals surface area contributed by atoms with Crippen LogP contribution < -0.4 is 14.8 Å². The number of hydrogen-bond acceptors (Lipinski definition) is 10. The van der Waals surface area contributed by atoms with Gasteiger partial charge in [0.25, 0.3) is 0 Å². The highest BCUT2D eigenvalue weighted by atomic mass is 32.2. The number of hydrogen-bond donors (Lipinski definition) is 1. The van der Waals surface area contributed by atoms with Crippen LogP contribution in [0, 0.1) is 0 Å². The Bertz CT molecular complexity index is 1200. The molecule has 0 spiro atoms. The van der Waals surface area contributed by atoms with E-state index in [-0.39, 0.29) is 24.0 Å². The molecule has 1 fully saturated rings. The molecule has 11 heteroatoms. The summed E-state index contributed by atoms with van der Waals surface area (Å²) in [6, 6.07) is 7.61. The Balaban J connectivity index is 1.69. The number of aryl methyl sites for hydroxylation is 2. The smallest absolute Gasteiger partial charge is 0.490 e. The summed E-state index contributed by atoms with van der Waals surface area (Å²) in [4.78, 5) is 21.7. The van der Waals surface area contributed by atoms with E-state index in [0.717, 1.165) is 23.2 Å². The number of carbonyl (C=O) groups is 1. The molecule has 1 aromatic carbocycles. The van der Waals surface area contributed by atoms with Gasteiger partial charge in [0.05, 0.1) is 19.0 Å². The third-order valence-corrected chi connectivity index (χ3v) is 7.17. The van der Waals surface area contributed by atoms with Gasteiger partial charge in [0.15, 0.2) is 11.6 Å². The lowest BCUT2D eigenvalue weighted by atomic mass is 10.0. The number of benzene rings is 1. The lowest BCUT2D eigenvalue weighted by Crippen LogP contribution is -2.45. The van der Waals surface area contributed by atoms with Crippen molar-refractivity contribution in [2.75, 3.05) is 31.0 Å². The molecule has 0 amide bonds. The van der Waals surface area contributed by atoms with Gasteiger partial charge in [-0.25, -0.2) is 18.2 Å². The molecule has 0 aliphatic carbocycles. The van der Waals surface area contributed by atoms with E-state index in [4.69, 9.17) is 19.0 Å². The van der Waals surface area contributed by atoms with Gasteiger partial charge in [-0.15, -0.1) is 5.06 Å². The number of hydroxylamine groups is 2. The monoisotopic (exact) mass is 549 g/mol. The Morgan fingerprint density at radius 2 is 2.03 bits per heavy atom. The van der Waals surface area contributed by atoms with E-state index in [9.17, 15) is 13.2 Å². The number of methoxy groups -OCH3 is 1. The van der Waals surface area contributed by atoms with E-state index in [1.807, 2.05) is 32.0 Å². The zero-order chi connectivity index (χ0) is 27.9. The van der Waals surface area contributed by atoms with Crippen LogP contribution in [-0.4, -0.2) is 68.5 Å². The Morgan fingerprint density at radius 1 is 1.26 bits per heavy atom. The SMILES string of the molecule is CCc1cc(CCS(C)(=O)=O)ccc1Nc1nccc(OC2CCN(OC(=O)OC(C)C)C(C)C2)c1OC. The first-order valence-corrected chi connectivity index (χ1v) is 15.0. The average Bonchev–Trinajstić information content (AvgIpc) is 2.84. The van der Waals surface area contributed by atoms with Crippen LogP contribution in [0.3, 0.4) is 0 Å². The summed E-state index contributed by atoms with van der Waals surface area (Å²) in [6.45, 7) is 8.08. The molecule has 1 N–H and O–H groups in total. The Morgan fingerprint density at radius 3 is 2.66 bits per heavy atom. The van der Waals surface area contributed by atoms with E-state index >= 15 is 0 Å². The van der Waals surface area contributed by atoms with E-state index in [1.54, 1.807) is 38.3 Å². The zero-order valence-electron chi connectivity index (χ0n) is 23.0.